The molecule has 0 unspecified atom stereocenters. The number of likely N-dealkylation sites (N-methyl/N-ethyl adjacent to an activating group) is 1. The third kappa shape index (κ3) is 4.30. The summed E-state index contributed by atoms with van der Waals surface area (Å²) in [4.78, 5) is 27.8. The molecule has 178 valence electrons. The van der Waals surface area contributed by atoms with Crippen molar-refractivity contribution in [3.8, 4) is 22.0 Å². The molecule has 9 nitrogen and oxygen atoms in total. The summed E-state index contributed by atoms with van der Waals surface area (Å²) in [5.74, 6) is 1.66. The summed E-state index contributed by atoms with van der Waals surface area (Å²) in [6.07, 6.45) is 6.61. The van der Waals surface area contributed by atoms with Gasteiger partial charge in [-0.3, -0.25) is 9.48 Å². The Labute approximate surface area is 206 Å². The monoisotopic (exact) mass is 487 g/mol. The summed E-state index contributed by atoms with van der Waals surface area (Å²) >= 11 is 1.49. The quantitative estimate of drug-likeness (QED) is 0.409. The first kappa shape index (κ1) is 21.9. The van der Waals surface area contributed by atoms with E-state index in [1.165, 1.54) is 24.2 Å². The van der Waals surface area contributed by atoms with E-state index in [-0.39, 0.29) is 5.91 Å². The molecule has 1 atom stereocenters. The summed E-state index contributed by atoms with van der Waals surface area (Å²) in [6, 6.07) is 11.2. The summed E-state index contributed by atoms with van der Waals surface area (Å²) in [5, 5.41) is 21.5. The van der Waals surface area contributed by atoms with Crippen molar-refractivity contribution >= 4 is 29.0 Å². The Morgan fingerprint density at radius 3 is 2.89 bits per heavy atom. The Bertz CT molecular complexity index is 1400. The second-order valence-electron chi connectivity index (χ2n) is 9.21. The maximum absolute atomic E-state index is 12.5. The molecule has 1 amide bonds. The van der Waals surface area contributed by atoms with Gasteiger partial charge in [-0.15, -0.1) is 11.3 Å². The minimum atomic E-state index is -1.48. The highest BCUT2D eigenvalue weighted by molar-refractivity contribution is 7.13. The Kier molecular flexibility index (Phi) is 5.34. The highest BCUT2D eigenvalue weighted by atomic mass is 32.1. The molecule has 1 aromatic carbocycles. The number of rotatable bonds is 7. The number of carbonyl (C=O) groups is 1. The maximum atomic E-state index is 12.5. The molecule has 1 aliphatic heterocycles. The first-order chi connectivity index (χ1) is 17.0. The van der Waals surface area contributed by atoms with E-state index in [2.05, 4.69) is 20.4 Å². The first-order valence-corrected chi connectivity index (χ1v) is 12.5. The molecule has 1 saturated heterocycles. The minimum absolute atomic E-state index is 0.270. The van der Waals surface area contributed by atoms with Crippen molar-refractivity contribution in [3.05, 3.63) is 59.7 Å². The zero-order chi connectivity index (χ0) is 24.0. The standard InChI is InChI=1S/C25H25N7O2S/c1-31-12-9-25(34,23(31)33)18-4-2-3-17(13-18)22-27-20(15-35-22)19-7-10-26-24(28-19)29-21-8-11-32(30-21)14-16-5-6-16/h2-4,7-8,10-11,13,15-16,34H,5-6,9,12,14H2,1H3,(H,26,28,29,30)/t25-/m1/s1. The van der Waals surface area contributed by atoms with Crippen LogP contribution in [0.1, 0.15) is 24.8 Å². The molecule has 0 radical (unpaired) electrons. The van der Waals surface area contributed by atoms with Crippen LogP contribution in [0.5, 0.6) is 0 Å². The Hall–Kier alpha value is -3.63. The Balaban J connectivity index is 1.21. The van der Waals surface area contributed by atoms with E-state index in [0.29, 0.717) is 36.0 Å². The molecular weight excluding hydrogens is 462 g/mol. The van der Waals surface area contributed by atoms with Crippen LogP contribution in [0.4, 0.5) is 11.8 Å². The highest BCUT2D eigenvalue weighted by Gasteiger charge is 2.45. The van der Waals surface area contributed by atoms with Crippen LogP contribution < -0.4 is 5.32 Å². The number of hydrogen-bond donors (Lipinski definition) is 2. The fourth-order valence-electron chi connectivity index (χ4n) is 4.33. The second-order valence-corrected chi connectivity index (χ2v) is 10.1. The number of thiazole rings is 1. The second kappa shape index (κ2) is 8.54. The van der Waals surface area contributed by atoms with Gasteiger partial charge in [-0.05, 0) is 36.5 Å². The molecule has 1 saturated carbocycles. The van der Waals surface area contributed by atoms with Gasteiger partial charge in [0.05, 0.1) is 5.69 Å². The van der Waals surface area contributed by atoms with E-state index in [9.17, 15) is 9.90 Å². The molecule has 35 heavy (non-hydrogen) atoms. The molecule has 2 aliphatic rings. The molecule has 10 heteroatoms. The topological polar surface area (TPSA) is 109 Å². The van der Waals surface area contributed by atoms with Gasteiger partial charge in [0, 0.05) is 56.0 Å². The van der Waals surface area contributed by atoms with Crippen molar-refractivity contribution in [2.45, 2.75) is 31.4 Å². The fourth-order valence-corrected chi connectivity index (χ4v) is 5.14. The van der Waals surface area contributed by atoms with Crippen LogP contribution in [0.2, 0.25) is 0 Å². The van der Waals surface area contributed by atoms with Crippen LogP contribution in [0.3, 0.4) is 0 Å². The predicted molar refractivity (Wildman–Crippen MR) is 133 cm³/mol. The van der Waals surface area contributed by atoms with Crippen molar-refractivity contribution in [1.29, 1.82) is 0 Å². The van der Waals surface area contributed by atoms with Gasteiger partial charge < -0.3 is 15.3 Å². The van der Waals surface area contributed by atoms with Gasteiger partial charge in [0.15, 0.2) is 11.4 Å². The van der Waals surface area contributed by atoms with Gasteiger partial charge in [-0.2, -0.15) is 5.10 Å². The van der Waals surface area contributed by atoms with E-state index < -0.39 is 5.60 Å². The molecule has 6 rings (SSSR count). The van der Waals surface area contributed by atoms with E-state index >= 15 is 0 Å². The van der Waals surface area contributed by atoms with Gasteiger partial charge in [-0.25, -0.2) is 15.0 Å². The van der Waals surface area contributed by atoms with E-state index in [1.807, 2.05) is 46.6 Å². The molecule has 3 aromatic heterocycles. The largest absolute Gasteiger partial charge is 0.375 e. The average Bonchev–Trinajstić information content (AvgIpc) is 3.25. The fraction of sp³-hybridized carbons (Fsp3) is 0.320. The number of carbonyl (C=O) groups excluding carboxylic acids is 1. The number of aromatic nitrogens is 5. The van der Waals surface area contributed by atoms with Crippen LogP contribution in [0.15, 0.2) is 54.2 Å². The van der Waals surface area contributed by atoms with E-state index in [4.69, 9.17) is 4.98 Å². The number of benzene rings is 1. The number of aliphatic hydroxyl groups is 1. The number of anilines is 2. The summed E-state index contributed by atoms with van der Waals surface area (Å²) in [6.45, 7) is 1.49. The molecule has 0 spiro atoms. The average molecular weight is 488 g/mol. The lowest BCUT2D eigenvalue weighted by atomic mass is 9.91. The number of amides is 1. The Morgan fingerprint density at radius 1 is 1.20 bits per heavy atom. The summed E-state index contributed by atoms with van der Waals surface area (Å²) in [7, 11) is 1.71. The predicted octanol–water partition coefficient (Wildman–Crippen LogP) is 3.67. The highest BCUT2D eigenvalue weighted by Crippen LogP contribution is 2.36. The van der Waals surface area contributed by atoms with E-state index in [0.717, 1.165) is 28.7 Å². The first-order valence-electron chi connectivity index (χ1n) is 11.7. The van der Waals surface area contributed by atoms with Crippen molar-refractivity contribution < 1.29 is 9.90 Å². The smallest absolute Gasteiger partial charge is 0.258 e. The molecule has 2 fully saturated rings. The zero-order valence-corrected chi connectivity index (χ0v) is 20.1. The van der Waals surface area contributed by atoms with Gasteiger partial charge in [0.2, 0.25) is 5.95 Å². The van der Waals surface area contributed by atoms with Gasteiger partial charge in [0.25, 0.3) is 5.91 Å². The third-order valence-electron chi connectivity index (χ3n) is 6.54. The molecule has 2 N–H and O–H groups in total. The van der Waals surface area contributed by atoms with Crippen LogP contribution in [-0.2, 0) is 16.9 Å². The summed E-state index contributed by atoms with van der Waals surface area (Å²) in [5.41, 5.74) is 1.39. The van der Waals surface area contributed by atoms with Gasteiger partial charge in [0.1, 0.15) is 10.7 Å². The molecule has 0 bridgehead atoms. The number of nitrogens with zero attached hydrogens (tertiary/aromatic N) is 6. The van der Waals surface area contributed by atoms with E-state index in [1.54, 1.807) is 24.2 Å². The third-order valence-corrected chi connectivity index (χ3v) is 7.43. The maximum Gasteiger partial charge on any atom is 0.258 e. The van der Waals surface area contributed by atoms with Crippen molar-refractivity contribution in [2.24, 2.45) is 5.92 Å². The lowest BCUT2D eigenvalue weighted by Gasteiger charge is -2.21. The SMILES string of the molecule is CN1CC[C@@](O)(c2cccc(-c3nc(-c4ccnc(Nc5ccn(CC6CC6)n5)n4)cs3)c2)C1=O. The van der Waals surface area contributed by atoms with Gasteiger partial charge in [-0.1, -0.05) is 18.2 Å². The molecule has 4 aromatic rings. The normalized spacial score (nSPS) is 19.9. The van der Waals surface area contributed by atoms with Crippen molar-refractivity contribution in [1.82, 2.24) is 29.6 Å². The number of nitrogens with one attached hydrogen (secondary N) is 1. The van der Waals surface area contributed by atoms with Crippen molar-refractivity contribution in [3.63, 3.8) is 0 Å². The molecular formula is C25H25N7O2S. The minimum Gasteiger partial charge on any atom is -0.375 e. The van der Waals surface area contributed by atoms with Crippen molar-refractivity contribution in [2.75, 3.05) is 18.9 Å². The lowest BCUT2D eigenvalue weighted by Crippen LogP contribution is -2.36. The number of hydrogen-bond acceptors (Lipinski definition) is 8. The lowest BCUT2D eigenvalue weighted by molar-refractivity contribution is -0.143. The molecule has 4 heterocycles. The summed E-state index contributed by atoms with van der Waals surface area (Å²) < 4.78 is 1.96. The van der Waals surface area contributed by atoms with Crippen LogP contribution in [-0.4, -0.2) is 54.2 Å². The Morgan fingerprint density at radius 2 is 2.09 bits per heavy atom. The van der Waals surface area contributed by atoms with Crippen LogP contribution >= 0.6 is 11.3 Å². The number of likely N-dealkylation sites (tertiary alicyclic amines) is 1. The van der Waals surface area contributed by atoms with Gasteiger partial charge >= 0.3 is 0 Å². The zero-order valence-electron chi connectivity index (χ0n) is 19.3. The van der Waals surface area contributed by atoms with Crippen LogP contribution in [0, 0.1) is 5.92 Å². The van der Waals surface area contributed by atoms with Crippen LogP contribution in [0.25, 0.3) is 22.0 Å². The molecule has 1 aliphatic carbocycles.